The minimum Gasteiger partial charge on any atom is -0.505 e. The van der Waals surface area contributed by atoms with Gasteiger partial charge in [-0.2, -0.15) is 0 Å². The van der Waals surface area contributed by atoms with Crippen molar-refractivity contribution < 1.29 is 13.3 Å². The minimum atomic E-state index is -2.40. The van der Waals surface area contributed by atoms with E-state index in [1.54, 1.807) is 0 Å². The molecule has 0 N–H and O–H groups in total. The van der Waals surface area contributed by atoms with Crippen molar-refractivity contribution in [3.05, 3.63) is 11.8 Å². The SMILES string of the molecule is C/C=C(/C)O[Si](C)(OCC)OCC. The summed E-state index contributed by atoms with van der Waals surface area (Å²) in [5, 5.41) is 0. The Labute approximate surface area is 82.1 Å². The Morgan fingerprint density at radius 3 is 2.00 bits per heavy atom. The lowest BCUT2D eigenvalue weighted by Crippen LogP contribution is -2.42. The van der Waals surface area contributed by atoms with Crippen LogP contribution in [-0.4, -0.2) is 22.0 Å². The molecule has 0 fully saturated rings. The molecule has 0 aliphatic carbocycles. The van der Waals surface area contributed by atoms with E-state index in [-0.39, 0.29) is 0 Å². The Morgan fingerprint density at radius 1 is 1.23 bits per heavy atom. The molecule has 13 heavy (non-hydrogen) atoms. The Bertz CT molecular complexity index is 162. The van der Waals surface area contributed by atoms with Crippen molar-refractivity contribution in [1.29, 1.82) is 0 Å². The molecule has 0 saturated carbocycles. The van der Waals surface area contributed by atoms with Gasteiger partial charge in [0.1, 0.15) is 0 Å². The van der Waals surface area contributed by atoms with Crippen LogP contribution < -0.4 is 0 Å². The van der Waals surface area contributed by atoms with Crippen LogP contribution in [0.25, 0.3) is 0 Å². The van der Waals surface area contributed by atoms with Crippen molar-refractivity contribution in [3.8, 4) is 0 Å². The zero-order valence-corrected chi connectivity index (χ0v) is 10.2. The molecule has 0 aromatic heterocycles. The van der Waals surface area contributed by atoms with Crippen LogP contribution in [0.3, 0.4) is 0 Å². The maximum atomic E-state index is 5.62. The van der Waals surface area contributed by atoms with Crippen LogP contribution in [0.2, 0.25) is 6.55 Å². The third-order valence-electron chi connectivity index (χ3n) is 1.57. The summed E-state index contributed by atoms with van der Waals surface area (Å²) < 4.78 is 16.6. The summed E-state index contributed by atoms with van der Waals surface area (Å²) in [6.07, 6.45) is 1.91. The van der Waals surface area contributed by atoms with Gasteiger partial charge in [0.05, 0.1) is 5.76 Å². The van der Waals surface area contributed by atoms with Gasteiger partial charge in [0.2, 0.25) is 0 Å². The molecule has 0 unspecified atom stereocenters. The first-order valence-electron chi connectivity index (χ1n) is 4.67. The second-order valence-electron chi connectivity index (χ2n) is 2.73. The molecular weight excluding hydrogens is 184 g/mol. The fourth-order valence-corrected chi connectivity index (χ4v) is 2.93. The summed E-state index contributed by atoms with van der Waals surface area (Å²) >= 11 is 0. The minimum absolute atomic E-state index is 0.625. The van der Waals surface area contributed by atoms with Crippen molar-refractivity contribution in [1.82, 2.24) is 0 Å². The molecule has 0 spiro atoms. The Kier molecular flexibility index (Phi) is 6.03. The van der Waals surface area contributed by atoms with Crippen LogP contribution >= 0.6 is 0 Å². The van der Waals surface area contributed by atoms with Gasteiger partial charge in [0.25, 0.3) is 0 Å². The van der Waals surface area contributed by atoms with E-state index in [2.05, 4.69) is 0 Å². The lowest BCUT2D eigenvalue weighted by molar-refractivity contribution is 0.0990. The first kappa shape index (κ1) is 12.7. The third kappa shape index (κ3) is 5.08. The maximum absolute atomic E-state index is 5.62. The van der Waals surface area contributed by atoms with E-state index in [1.165, 1.54) is 0 Å². The standard InChI is InChI=1S/C9H20O3Si/c1-6-9(4)12-13(5,10-7-2)11-8-3/h6H,7-8H2,1-5H3/b9-6-. The Morgan fingerprint density at radius 2 is 1.69 bits per heavy atom. The van der Waals surface area contributed by atoms with Crippen molar-refractivity contribution in [2.24, 2.45) is 0 Å². The van der Waals surface area contributed by atoms with Gasteiger partial charge in [-0.15, -0.1) is 0 Å². The van der Waals surface area contributed by atoms with Crippen LogP contribution in [0.5, 0.6) is 0 Å². The van der Waals surface area contributed by atoms with E-state index in [4.69, 9.17) is 13.3 Å². The van der Waals surface area contributed by atoms with Crippen LogP contribution in [0.4, 0.5) is 0 Å². The van der Waals surface area contributed by atoms with Gasteiger partial charge in [-0.25, -0.2) is 0 Å². The van der Waals surface area contributed by atoms with E-state index in [0.717, 1.165) is 5.76 Å². The largest absolute Gasteiger partial charge is 0.562 e. The van der Waals surface area contributed by atoms with E-state index >= 15 is 0 Å². The molecule has 0 rings (SSSR count). The topological polar surface area (TPSA) is 27.7 Å². The Hall–Kier alpha value is -0.323. The lowest BCUT2D eigenvalue weighted by Gasteiger charge is -2.25. The second-order valence-corrected chi connectivity index (χ2v) is 5.24. The summed E-state index contributed by atoms with van der Waals surface area (Å²) in [5.41, 5.74) is 0. The van der Waals surface area contributed by atoms with E-state index in [1.807, 2.05) is 40.3 Å². The third-order valence-corrected chi connectivity index (χ3v) is 3.88. The zero-order chi connectivity index (χ0) is 10.3. The summed E-state index contributed by atoms with van der Waals surface area (Å²) in [4.78, 5) is 0. The molecule has 0 aliphatic rings. The maximum Gasteiger partial charge on any atom is 0.562 e. The fraction of sp³-hybridized carbons (Fsp3) is 0.778. The monoisotopic (exact) mass is 204 g/mol. The van der Waals surface area contributed by atoms with Crippen molar-refractivity contribution in [2.75, 3.05) is 13.2 Å². The van der Waals surface area contributed by atoms with Gasteiger partial charge in [0, 0.05) is 19.8 Å². The van der Waals surface area contributed by atoms with Crippen molar-refractivity contribution >= 4 is 8.80 Å². The molecule has 0 saturated heterocycles. The predicted molar refractivity (Wildman–Crippen MR) is 55.4 cm³/mol. The van der Waals surface area contributed by atoms with Gasteiger partial charge in [-0.1, -0.05) is 6.08 Å². The van der Waals surface area contributed by atoms with Gasteiger partial charge in [-0.05, 0) is 27.7 Å². The molecular formula is C9H20O3Si. The second kappa shape index (κ2) is 6.18. The van der Waals surface area contributed by atoms with Gasteiger partial charge < -0.3 is 13.3 Å². The molecule has 3 nitrogen and oxygen atoms in total. The first-order chi connectivity index (χ1) is 6.08. The number of hydrogen-bond acceptors (Lipinski definition) is 3. The average Bonchev–Trinajstić information content (AvgIpc) is 2.04. The quantitative estimate of drug-likeness (QED) is 0.491. The van der Waals surface area contributed by atoms with Crippen LogP contribution in [0.15, 0.2) is 11.8 Å². The normalized spacial score (nSPS) is 13.2. The van der Waals surface area contributed by atoms with E-state index < -0.39 is 8.80 Å². The smallest absolute Gasteiger partial charge is 0.505 e. The van der Waals surface area contributed by atoms with Crippen molar-refractivity contribution in [3.63, 3.8) is 0 Å². The first-order valence-corrected chi connectivity index (χ1v) is 6.90. The van der Waals surface area contributed by atoms with E-state index in [9.17, 15) is 0 Å². The van der Waals surface area contributed by atoms with Gasteiger partial charge in [-0.3, -0.25) is 0 Å². The average molecular weight is 204 g/mol. The summed E-state index contributed by atoms with van der Waals surface area (Å²) in [5.74, 6) is 0.857. The molecule has 0 atom stereocenters. The molecule has 0 amide bonds. The van der Waals surface area contributed by atoms with E-state index in [0.29, 0.717) is 13.2 Å². The number of hydrogen-bond donors (Lipinski definition) is 0. The predicted octanol–water partition coefficient (Wildman–Crippen LogP) is 2.57. The summed E-state index contributed by atoms with van der Waals surface area (Å²) in [6, 6.07) is 0. The Balaban J connectivity index is 4.22. The zero-order valence-electron chi connectivity index (χ0n) is 9.22. The van der Waals surface area contributed by atoms with Crippen LogP contribution in [-0.2, 0) is 13.3 Å². The molecule has 0 heterocycles. The molecule has 0 aromatic rings. The highest BCUT2D eigenvalue weighted by atomic mass is 28.4. The molecule has 0 aliphatic heterocycles. The number of rotatable bonds is 6. The highest BCUT2D eigenvalue weighted by molar-refractivity contribution is 6.59. The summed E-state index contributed by atoms with van der Waals surface area (Å²) in [7, 11) is -2.40. The molecule has 0 radical (unpaired) electrons. The number of allylic oxidation sites excluding steroid dienone is 2. The van der Waals surface area contributed by atoms with Crippen LogP contribution in [0, 0.1) is 0 Å². The molecule has 78 valence electrons. The van der Waals surface area contributed by atoms with Gasteiger partial charge >= 0.3 is 8.80 Å². The highest BCUT2D eigenvalue weighted by Gasteiger charge is 2.36. The fourth-order valence-electron chi connectivity index (χ4n) is 0.976. The van der Waals surface area contributed by atoms with Crippen LogP contribution in [0.1, 0.15) is 27.7 Å². The lowest BCUT2D eigenvalue weighted by atomic mass is 10.5. The van der Waals surface area contributed by atoms with Gasteiger partial charge in [0.15, 0.2) is 0 Å². The van der Waals surface area contributed by atoms with Crippen molar-refractivity contribution in [2.45, 2.75) is 34.2 Å². The highest BCUT2D eigenvalue weighted by Crippen LogP contribution is 2.13. The summed E-state index contributed by atoms with van der Waals surface area (Å²) in [6.45, 7) is 10.9. The molecule has 0 aromatic carbocycles. The molecule has 4 heteroatoms. The molecule has 0 bridgehead atoms.